The molecule has 0 spiro atoms. The number of hydrogen-bond donors (Lipinski definition) is 3. The topological polar surface area (TPSA) is 102 Å². The average molecular weight is 319 g/mol. The predicted octanol–water partition coefficient (Wildman–Crippen LogP) is 2.02. The van der Waals surface area contributed by atoms with Crippen LogP contribution < -0.4 is 11.1 Å². The molecular formula is C14H15ClN6O. The molecule has 3 aromatic rings. The summed E-state index contributed by atoms with van der Waals surface area (Å²) < 4.78 is 1.80. The number of amides is 1. The van der Waals surface area contributed by atoms with Gasteiger partial charge in [-0.3, -0.25) is 9.89 Å². The van der Waals surface area contributed by atoms with Crippen molar-refractivity contribution < 1.29 is 4.79 Å². The molecule has 0 saturated carbocycles. The van der Waals surface area contributed by atoms with Gasteiger partial charge >= 0.3 is 0 Å². The Labute approximate surface area is 131 Å². The molecule has 8 heteroatoms. The molecule has 1 aromatic carbocycles. The molecular weight excluding hydrogens is 304 g/mol. The Hall–Kier alpha value is -2.54. The highest BCUT2D eigenvalue weighted by Crippen LogP contribution is 2.23. The van der Waals surface area contributed by atoms with E-state index in [9.17, 15) is 4.79 Å². The minimum absolute atomic E-state index is 0.148. The summed E-state index contributed by atoms with van der Waals surface area (Å²) >= 11 is 6.00. The number of nitrogens with zero attached hydrogens (tertiary/aromatic N) is 3. The van der Waals surface area contributed by atoms with Crippen LogP contribution in [0.1, 0.15) is 29.3 Å². The highest BCUT2D eigenvalue weighted by atomic mass is 35.5. The number of nitrogen functional groups attached to an aromatic ring is 1. The van der Waals surface area contributed by atoms with Crippen molar-refractivity contribution in [3.8, 4) is 0 Å². The second-order valence-electron chi connectivity index (χ2n) is 5.07. The second kappa shape index (κ2) is 5.34. The Morgan fingerprint density at radius 1 is 1.45 bits per heavy atom. The third kappa shape index (κ3) is 2.50. The van der Waals surface area contributed by atoms with Crippen molar-refractivity contribution in [1.29, 1.82) is 0 Å². The van der Waals surface area contributed by atoms with Gasteiger partial charge in [-0.15, -0.1) is 5.10 Å². The lowest BCUT2D eigenvalue weighted by atomic mass is 10.2. The number of nitrogens with two attached hydrogens (primary N) is 1. The van der Waals surface area contributed by atoms with Gasteiger partial charge in [0.15, 0.2) is 0 Å². The molecule has 1 atom stereocenters. The van der Waals surface area contributed by atoms with E-state index in [0.29, 0.717) is 16.5 Å². The van der Waals surface area contributed by atoms with Crippen LogP contribution in [0.25, 0.3) is 10.9 Å². The summed E-state index contributed by atoms with van der Waals surface area (Å²) in [6.07, 6.45) is 0. The number of aryl methyl sites for hydroxylation is 1. The first-order valence-electron chi connectivity index (χ1n) is 6.69. The van der Waals surface area contributed by atoms with Crippen molar-refractivity contribution in [3.63, 3.8) is 0 Å². The third-order valence-electron chi connectivity index (χ3n) is 3.52. The number of benzene rings is 1. The number of rotatable bonds is 3. The number of anilines is 1. The fourth-order valence-corrected chi connectivity index (χ4v) is 2.51. The maximum Gasteiger partial charge on any atom is 0.268 e. The Kier molecular flexibility index (Phi) is 3.50. The maximum absolute atomic E-state index is 12.5. The summed E-state index contributed by atoms with van der Waals surface area (Å²) in [7, 11) is 1.82. The Morgan fingerprint density at radius 3 is 2.91 bits per heavy atom. The zero-order valence-electron chi connectivity index (χ0n) is 12.1. The minimum atomic E-state index is -0.334. The highest BCUT2D eigenvalue weighted by molar-refractivity contribution is 6.31. The van der Waals surface area contributed by atoms with E-state index >= 15 is 0 Å². The maximum atomic E-state index is 12.5. The van der Waals surface area contributed by atoms with Crippen molar-refractivity contribution in [3.05, 3.63) is 40.8 Å². The number of fused-ring (bicyclic) bond motifs is 1. The molecule has 0 aliphatic rings. The van der Waals surface area contributed by atoms with E-state index in [2.05, 4.69) is 20.5 Å². The first kappa shape index (κ1) is 14.4. The molecule has 1 amide bonds. The lowest BCUT2D eigenvalue weighted by molar-refractivity contribution is 0.0930. The van der Waals surface area contributed by atoms with Gasteiger partial charge < -0.3 is 15.6 Å². The fourth-order valence-electron chi connectivity index (χ4n) is 2.34. The predicted molar refractivity (Wildman–Crippen MR) is 84.6 cm³/mol. The first-order valence-corrected chi connectivity index (χ1v) is 7.07. The number of hydrogen-bond acceptors (Lipinski definition) is 4. The van der Waals surface area contributed by atoms with E-state index in [4.69, 9.17) is 17.3 Å². The number of nitrogens with one attached hydrogen (secondary N) is 2. The summed E-state index contributed by atoms with van der Waals surface area (Å²) in [6, 6.07) is 7.00. The van der Waals surface area contributed by atoms with Gasteiger partial charge in [-0.2, -0.15) is 4.98 Å². The van der Waals surface area contributed by atoms with Crippen LogP contribution >= 0.6 is 11.6 Å². The van der Waals surface area contributed by atoms with E-state index in [1.54, 1.807) is 17.6 Å². The van der Waals surface area contributed by atoms with Crippen LogP contribution in [-0.2, 0) is 7.05 Å². The first-order chi connectivity index (χ1) is 10.5. The van der Waals surface area contributed by atoms with E-state index in [1.807, 2.05) is 25.2 Å². The minimum Gasteiger partial charge on any atom is -0.367 e. The zero-order valence-corrected chi connectivity index (χ0v) is 12.8. The van der Waals surface area contributed by atoms with Crippen molar-refractivity contribution >= 4 is 34.4 Å². The summed E-state index contributed by atoms with van der Waals surface area (Å²) in [5.74, 6) is 0.445. The molecule has 0 bridgehead atoms. The van der Waals surface area contributed by atoms with Gasteiger partial charge in [0.2, 0.25) is 5.95 Å². The standard InChI is InChI=1S/C14H15ClN6O/c1-7(12-18-14(16)20-19-12)17-13(22)11-5-8-3-4-9(15)6-10(8)21(11)2/h3-7H,1-2H3,(H,17,22)(H3,16,18,19,20)/t7-/m1/s1. The third-order valence-corrected chi connectivity index (χ3v) is 3.75. The van der Waals surface area contributed by atoms with Crippen molar-refractivity contribution in [2.24, 2.45) is 7.05 Å². The average Bonchev–Trinajstić information content (AvgIpc) is 3.04. The van der Waals surface area contributed by atoms with Gasteiger partial charge in [0, 0.05) is 23.0 Å². The van der Waals surface area contributed by atoms with Gasteiger partial charge in [-0.05, 0) is 25.1 Å². The van der Waals surface area contributed by atoms with Gasteiger partial charge in [-0.1, -0.05) is 17.7 Å². The van der Waals surface area contributed by atoms with Crippen LogP contribution in [-0.4, -0.2) is 25.7 Å². The Balaban J connectivity index is 1.87. The normalized spacial score (nSPS) is 12.5. The molecule has 0 unspecified atom stereocenters. The molecule has 114 valence electrons. The molecule has 7 nitrogen and oxygen atoms in total. The van der Waals surface area contributed by atoms with Crippen LogP contribution in [0.15, 0.2) is 24.3 Å². The van der Waals surface area contributed by atoms with E-state index in [1.165, 1.54) is 0 Å². The number of H-pyrrole nitrogens is 1. The van der Waals surface area contributed by atoms with Gasteiger partial charge in [0.05, 0.1) is 6.04 Å². The molecule has 0 aliphatic carbocycles. The molecule has 4 N–H and O–H groups in total. The summed E-state index contributed by atoms with van der Waals surface area (Å²) in [5, 5.41) is 10.9. The number of carbonyl (C=O) groups is 1. The number of carbonyl (C=O) groups excluding carboxylic acids is 1. The largest absolute Gasteiger partial charge is 0.367 e. The van der Waals surface area contributed by atoms with Crippen LogP contribution in [0, 0.1) is 0 Å². The molecule has 0 aliphatic heterocycles. The molecule has 3 rings (SSSR count). The van der Waals surface area contributed by atoms with E-state index in [0.717, 1.165) is 10.9 Å². The Bertz CT molecular complexity index is 852. The van der Waals surface area contributed by atoms with Crippen LogP contribution in [0.4, 0.5) is 5.95 Å². The van der Waals surface area contributed by atoms with Gasteiger partial charge in [0.1, 0.15) is 11.5 Å². The van der Waals surface area contributed by atoms with Gasteiger partial charge in [-0.25, -0.2) is 0 Å². The zero-order chi connectivity index (χ0) is 15.9. The lowest BCUT2D eigenvalue weighted by Gasteiger charge is -2.11. The van der Waals surface area contributed by atoms with Crippen LogP contribution in [0.5, 0.6) is 0 Å². The number of aromatic nitrogens is 4. The molecule has 0 fully saturated rings. The van der Waals surface area contributed by atoms with Crippen molar-refractivity contribution in [2.45, 2.75) is 13.0 Å². The van der Waals surface area contributed by atoms with Gasteiger partial charge in [0.25, 0.3) is 5.91 Å². The molecule has 0 saturated heterocycles. The summed E-state index contributed by atoms with van der Waals surface area (Å²) in [5.41, 5.74) is 6.90. The van der Waals surface area contributed by atoms with Crippen molar-refractivity contribution in [1.82, 2.24) is 25.1 Å². The molecule has 2 heterocycles. The van der Waals surface area contributed by atoms with Crippen LogP contribution in [0.2, 0.25) is 5.02 Å². The lowest BCUT2D eigenvalue weighted by Crippen LogP contribution is -2.28. The van der Waals surface area contributed by atoms with E-state index in [-0.39, 0.29) is 17.9 Å². The number of halogens is 1. The molecule has 0 radical (unpaired) electrons. The Morgan fingerprint density at radius 2 is 2.23 bits per heavy atom. The molecule has 2 aromatic heterocycles. The second-order valence-corrected chi connectivity index (χ2v) is 5.50. The summed E-state index contributed by atoms with van der Waals surface area (Å²) in [4.78, 5) is 16.5. The number of aromatic amines is 1. The fraction of sp³-hybridized carbons (Fsp3) is 0.214. The quantitative estimate of drug-likeness (QED) is 0.687. The monoisotopic (exact) mass is 318 g/mol. The summed E-state index contributed by atoms with van der Waals surface area (Å²) in [6.45, 7) is 1.80. The molecule has 22 heavy (non-hydrogen) atoms. The van der Waals surface area contributed by atoms with E-state index < -0.39 is 0 Å². The highest BCUT2D eigenvalue weighted by Gasteiger charge is 2.18. The van der Waals surface area contributed by atoms with Crippen LogP contribution in [0.3, 0.4) is 0 Å². The smallest absolute Gasteiger partial charge is 0.268 e. The SMILES string of the molecule is C[C@@H](NC(=O)c1cc2ccc(Cl)cc2n1C)c1nc(N)n[nH]1. The van der Waals surface area contributed by atoms with Crippen molar-refractivity contribution in [2.75, 3.05) is 5.73 Å².